The van der Waals surface area contributed by atoms with Crippen LogP contribution in [0.2, 0.25) is 0 Å². The fraction of sp³-hybridized carbons (Fsp3) is 0.526. The number of carbonyl (C=O) groups is 1. The molecule has 7 nitrogen and oxygen atoms in total. The molecule has 0 atom stereocenters. The number of aliphatic imine (C=N–C) groups is 1. The molecule has 0 aliphatic carbocycles. The van der Waals surface area contributed by atoms with Crippen LogP contribution in [0.15, 0.2) is 29.3 Å². The molecule has 150 valence electrons. The van der Waals surface area contributed by atoms with E-state index in [1.807, 2.05) is 45.9 Å². The van der Waals surface area contributed by atoms with Gasteiger partial charge in [0.15, 0.2) is 5.96 Å². The molecule has 0 saturated heterocycles. The SMILES string of the molecule is CN=C(NCCCn1c(C)nc2ccccc21)NCC(=O)NC(C)(C)C.I. The normalized spacial score (nSPS) is 11.8. The smallest absolute Gasteiger partial charge is 0.239 e. The molecule has 1 aromatic heterocycles. The zero-order valence-corrected chi connectivity index (χ0v) is 19.1. The van der Waals surface area contributed by atoms with Gasteiger partial charge in [-0.15, -0.1) is 24.0 Å². The summed E-state index contributed by atoms with van der Waals surface area (Å²) in [6.45, 7) is 9.73. The number of benzene rings is 1. The van der Waals surface area contributed by atoms with Gasteiger partial charge in [-0.3, -0.25) is 9.79 Å². The maximum Gasteiger partial charge on any atom is 0.239 e. The molecule has 0 spiro atoms. The van der Waals surface area contributed by atoms with Gasteiger partial charge in [-0.1, -0.05) is 12.1 Å². The van der Waals surface area contributed by atoms with Crippen LogP contribution in [-0.2, 0) is 11.3 Å². The highest BCUT2D eigenvalue weighted by atomic mass is 127. The van der Waals surface area contributed by atoms with E-state index in [4.69, 9.17) is 0 Å². The number of nitrogens with zero attached hydrogens (tertiary/aromatic N) is 3. The molecule has 0 radical (unpaired) electrons. The van der Waals surface area contributed by atoms with E-state index in [9.17, 15) is 4.79 Å². The zero-order valence-electron chi connectivity index (χ0n) is 16.8. The highest BCUT2D eigenvalue weighted by Crippen LogP contribution is 2.15. The number of rotatable bonds is 6. The number of hydrogen-bond acceptors (Lipinski definition) is 3. The molecule has 27 heavy (non-hydrogen) atoms. The number of halogens is 1. The van der Waals surface area contributed by atoms with E-state index in [0.717, 1.165) is 36.4 Å². The minimum Gasteiger partial charge on any atom is -0.356 e. The number of nitrogens with one attached hydrogen (secondary N) is 3. The van der Waals surface area contributed by atoms with Gasteiger partial charge in [0.1, 0.15) is 5.82 Å². The van der Waals surface area contributed by atoms with Gasteiger partial charge in [-0.25, -0.2) is 4.98 Å². The second kappa shape index (κ2) is 10.5. The van der Waals surface area contributed by atoms with Crippen molar-refractivity contribution >= 4 is 46.9 Å². The number of aromatic nitrogens is 2. The first-order chi connectivity index (χ1) is 12.3. The van der Waals surface area contributed by atoms with Gasteiger partial charge in [0.2, 0.25) is 5.91 Å². The fourth-order valence-electron chi connectivity index (χ4n) is 2.77. The Balaban J connectivity index is 0.00000364. The van der Waals surface area contributed by atoms with Gasteiger partial charge in [0, 0.05) is 25.7 Å². The lowest BCUT2D eigenvalue weighted by molar-refractivity contribution is -0.121. The van der Waals surface area contributed by atoms with Gasteiger partial charge < -0.3 is 20.5 Å². The molecule has 0 saturated carbocycles. The van der Waals surface area contributed by atoms with Crippen LogP contribution in [0.5, 0.6) is 0 Å². The predicted molar refractivity (Wildman–Crippen MR) is 122 cm³/mol. The summed E-state index contributed by atoms with van der Waals surface area (Å²) in [6, 6.07) is 8.17. The van der Waals surface area contributed by atoms with Crippen molar-refractivity contribution in [2.75, 3.05) is 20.1 Å². The van der Waals surface area contributed by atoms with Gasteiger partial charge >= 0.3 is 0 Å². The number of para-hydroxylation sites is 2. The van der Waals surface area contributed by atoms with E-state index in [1.165, 1.54) is 0 Å². The average Bonchev–Trinajstić information content (AvgIpc) is 2.88. The molecule has 2 aromatic rings. The summed E-state index contributed by atoms with van der Waals surface area (Å²) in [4.78, 5) is 20.6. The Morgan fingerprint density at radius 2 is 1.93 bits per heavy atom. The number of amides is 1. The molecule has 0 aliphatic rings. The van der Waals surface area contributed by atoms with Crippen molar-refractivity contribution in [1.29, 1.82) is 0 Å². The van der Waals surface area contributed by atoms with Gasteiger partial charge in [0.05, 0.1) is 17.6 Å². The lowest BCUT2D eigenvalue weighted by atomic mass is 10.1. The number of guanidine groups is 1. The Labute approximate surface area is 178 Å². The van der Waals surface area contributed by atoms with Crippen LogP contribution >= 0.6 is 24.0 Å². The van der Waals surface area contributed by atoms with E-state index >= 15 is 0 Å². The van der Waals surface area contributed by atoms with Crippen LogP contribution in [-0.4, -0.2) is 47.1 Å². The summed E-state index contributed by atoms with van der Waals surface area (Å²) in [5.41, 5.74) is 1.95. The standard InChI is InChI=1S/C19H30N6O.HI/c1-14-23-15-9-6-7-10-16(15)25(14)12-8-11-21-18(20-5)22-13-17(26)24-19(2,3)4;/h6-7,9-10H,8,11-13H2,1-5H3,(H,24,26)(H2,20,21,22);1H. The first kappa shape index (κ1) is 23.2. The first-order valence-electron chi connectivity index (χ1n) is 8.97. The Morgan fingerprint density at radius 3 is 2.59 bits per heavy atom. The molecule has 2 rings (SSSR count). The third-order valence-corrected chi connectivity index (χ3v) is 3.85. The van der Waals surface area contributed by atoms with Crippen LogP contribution in [0.25, 0.3) is 11.0 Å². The molecule has 3 N–H and O–H groups in total. The molecule has 1 aromatic carbocycles. The van der Waals surface area contributed by atoms with Crippen LogP contribution in [0.4, 0.5) is 0 Å². The van der Waals surface area contributed by atoms with E-state index in [-0.39, 0.29) is 42.0 Å². The van der Waals surface area contributed by atoms with E-state index < -0.39 is 0 Å². The summed E-state index contributed by atoms with van der Waals surface area (Å²) in [6.07, 6.45) is 0.927. The van der Waals surface area contributed by atoms with E-state index in [1.54, 1.807) is 7.05 Å². The van der Waals surface area contributed by atoms with Crippen molar-refractivity contribution in [1.82, 2.24) is 25.5 Å². The average molecular weight is 486 g/mol. The molecule has 0 fully saturated rings. The van der Waals surface area contributed by atoms with Crippen molar-refractivity contribution < 1.29 is 4.79 Å². The minimum absolute atomic E-state index is 0. The summed E-state index contributed by atoms with van der Waals surface area (Å²) >= 11 is 0. The first-order valence-corrected chi connectivity index (χ1v) is 8.97. The quantitative estimate of drug-likeness (QED) is 0.254. The second-order valence-electron chi connectivity index (χ2n) is 7.30. The lowest BCUT2D eigenvalue weighted by Gasteiger charge is -2.21. The number of imidazole rings is 1. The second-order valence-corrected chi connectivity index (χ2v) is 7.30. The number of aryl methyl sites for hydroxylation is 2. The summed E-state index contributed by atoms with van der Waals surface area (Å²) in [5, 5.41) is 9.19. The van der Waals surface area contributed by atoms with Gasteiger partial charge in [-0.2, -0.15) is 0 Å². The number of hydrogen-bond donors (Lipinski definition) is 3. The minimum atomic E-state index is -0.235. The monoisotopic (exact) mass is 486 g/mol. The molecule has 8 heteroatoms. The maximum absolute atomic E-state index is 11.9. The summed E-state index contributed by atoms with van der Waals surface area (Å²) < 4.78 is 2.23. The highest BCUT2D eigenvalue weighted by Gasteiger charge is 2.13. The number of fused-ring (bicyclic) bond motifs is 1. The predicted octanol–water partition coefficient (Wildman–Crippen LogP) is 2.43. The number of carbonyl (C=O) groups excluding carboxylic acids is 1. The van der Waals surface area contributed by atoms with Crippen molar-refractivity contribution in [2.45, 2.75) is 46.2 Å². The Morgan fingerprint density at radius 1 is 1.22 bits per heavy atom. The van der Waals surface area contributed by atoms with E-state index in [0.29, 0.717) is 5.96 Å². The molecule has 1 amide bonds. The highest BCUT2D eigenvalue weighted by molar-refractivity contribution is 14.0. The van der Waals surface area contributed by atoms with Gasteiger partial charge in [0.25, 0.3) is 0 Å². The summed E-state index contributed by atoms with van der Waals surface area (Å²) in [7, 11) is 1.70. The molecule has 0 aliphatic heterocycles. The Kier molecular flexibility index (Phi) is 9.01. The van der Waals surface area contributed by atoms with Crippen molar-refractivity contribution in [3.05, 3.63) is 30.1 Å². The molecule has 1 heterocycles. The topological polar surface area (TPSA) is 83.3 Å². The van der Waals surface area contributed by atoms with Gasteiger partial charge in [-0.05, 0) is 46.2 Å². The fourth-order valence-corrected chi connectivity index (χ4v) is 2.77. The van der Waals surface area contributed by atoms with Crippen LogP contribution in [0.3, 0.4) is 0 Å². The van der Waals surface area contributed by atoms with Crippen LogP contribution in [0, 0.1) is 6.92 Å². The molecular formula is C19H31IN6O. The third-order valence-electron chi connectivity index (χ3n) is 3.85. The van der Waals surface area contributed by atoms with Crippen LogP contribution in [0.1, 0.15) is 33.0 Å². The summed E-state index contributed by atoms with van der Waals surface area (Å²) in [5.74, 6) is 1.59. The van der Waals surface area contributed by atoms with E-state index in [2.05, 4.69) is 36.6 Å². The van der Waals surface area contributed by atoms with Crippen LogP contribution < -0.4 is 16.0 Å². The third kappa shape index (κ3) is 7.36. The molecular weight excluding hydrogens is 455 g/mol. The Bertz CT molecular complexity index is 778. The maximum atomic E-state index is 11.9. The lowest BCUT2D eigenvalue weighted by Crippen LogP contribution is -2.48. The van der Waals surface area contributed by atoms with Crippen molar-refractivity contribution in [3.63, 3.8) is 0 Å². The molecule has 0 bridgehead atoms. The largest absolute Gasteiger partial charge is 0.356 e. The zero-order chi connectivity index (χ0) is 19.2. The molecule has 0 unspecified atom stereocenters. The van der Waals surface area contributed by atoms with Crippen molar-refractivity contribution in [3.8, 4) is 0 Å². The Hall–Kier alpha value is -1.84. The van der Waals surface area contributed by atoms with Crippen molar-refractivity contribution in [2.24, 2.45) is 4.99 Å².